The van der Waals surface area contributed by atoms with Crippen molar-refractivity contribution in [1.82, 2.24) is 5.32 Å². The lowest BCUT2D eigenvalue weighted by Gasteiger charge is -2.42. The largest absolute Gasteiger partial charge is 0.482 e. The molecular weight excluding hydrogens is 367 g/mol. The minimum Gasteiger partial charge on any atom is -0.482 e. The molecule has 0 amide bonds. The Kier molecular flexibility index (Phi) is 5.79. The van der Waals surface area contributed by atoms with E-state index in [0.29, 0.717) is 13.0 Å². The number of fused-ring (bicyclic) bond motifs is 1. The molecule has 0 saturated heterocycles. The van der Waals surface area contributed by atoms with Crippen LogP contribution in [0.15, 0.2) is 78.9 Å². The van der Waals surface area contributed by atoms with Gasteiger partial charge in [0.1, 0.15) is 23.8 Å². The number of rotatable bonds is 6. The van der Waals surface area contributed by atoms with E-state index < -0.39 is 6.10 Å². The van der Waals surface area contributed by atoms with Crippen LogP contribution in [0.2, 0.25) is 0 Å². The Labute approximate surface area is 170 Å². The monoisotopic (exact) mass is 392 g/mol. The lowest BCUT2D eigenvalue weighted by Crippen LogP contribution is -2.55. The molecule has 3 unspecified atom stereocenters. The second-order valence-corrected chi connectivity index (χ2v) is 7.27. The van der Waals surface area contributed by atoms with Gasteiger partial charge in [0.05, 0.1) is 18.3 Å². The number of aliphatic hydroxyl groups excluding tert-OH is 1. The van der Waals surface area contributed by atoms with Crippen molar-refractivity contribution in [3.05, 3.63) is 95.8 Å². The summed E-state index contributed by atoms with van der Waals surface area (Å²) in [5.74, 6) is 0.488. The van der Waals surface area contributed by atoms with Gasteiger partial charge < -0.3 is 14.7 Å². The number of para-hydroxylation sites is 2. The van der Waals surface area contributed by atoms with Gasteiger partial charge in [-0.2, -0.15) is 0 Å². The molecule has 150 valence electrons. The molecular formula is C24H25FN2O2. The number of hydrogen-bond donors (Lipinski definition) is 2. The number of nitrogens with zero attached hydrogens (tertiary/aromatic N) is 1. The Morgan fingerprint density at radius 1 is 1.07 bits per heavy atom. The highest BCUT2D eigenvalue weighted by Gasteiger charge is 2.33. The van der Waals surface area contributed by atoms with E-state index in [9.17, 15) is 9.50 Å². The number of halogens is 1. The second-order valence-electron chi connectivity index (χ2n) is 7.27. The van der Waals surface area contributed by atoms with Gasteiger partial charge in [0.15, 0.2) is 0 Å². The second kappa shape index (κ2) is 8.64. The van der Waals surface area contributed by atoms with Gasteiger partial charge in [-0.3, -0.25) is 5.32 Å². The summed E-state index contributed by atoms with van der Waals surface area (Å²) >= 11 is 0. The Hall–Kier alpha value is -2.89. The third-order valence-electron chi connectivity index (χ3n) is 5.31. The maximum Gasteiger partial charge on any atom is 0.143 e. The van der Waals surface area contributed by atoms with Gasteiger partial charge in [0.2, 0.25) is 0 Å². The van der Waals surface area contributed by atoms with Gasteiger partial charge in [0, 0.05) is 6.42 Å². The third-order valence-corrected chi connectivity index (χ3v) is 5.31. The fourth-order valence-corrected chi connectivity index (χ4v) is 3.94. The highest BCUT2D eigenvalue weighted by molar-refractivity contribution is 5.61. The Morgan fingerprint density at radius 2 is 1.83 bits per heavy atom. The van der Waals surface area contributed by atoms with Crippen LogP contribution in [0.5, 0.6) is 5.75 Å². The van der Waals surface area contributed by atoms with Crippen LogP contribution in [0.1, 0.15) is 17.2 Å². The Morgan fingerprint density at radius 3 is 2.59 bits per heavy atom. The lowest BCUT2D eigenvalue weighted by molar-refractivity contribution is 0.113. The number of likely N-dealkylation sites (N-methyl/N-ethyl adjacent to an activating group) is 1. The Balaban J connectivity index is 1.62. The van der Waals surface area contributed by atoms with Crippen molar-refractivity contribution in [3.8, 4) is 5.75 Å². The summed E-state index contributed by atoms with van der Waals surface area (Å²) in [6.45, 7) is 0.590. The normalized spacial score (nSPS) is 17.9. The van der Waals surface area contributed by atoms with Crippen LogP contribution in [-0.4, -0.2) is 31.0 Å². The molecule has 3 aromatic rings. The molecule has 4 nitrogen and oxygen atoms in total. The molecule has 4 rings (SSSR count). The Bertz CT molecular complexity index is 950. The average molecular weight is 392 g/mol. The fraction of sp³-hybridized carbons (Fsp3) is 0.250. The fourth-order valence-electron chi connectivity index (χ4n) is 3.94. The molecule has 3 atom stereocenters. The maximum absolute atomic E-state index is 13.6. The zero-order valence-corrected chi connectivity index (χ0v) is 16.3. The van der Waals surface area contributed by atoms with Crippen molar-refractivity contribution in [2.24, 2.45) is 0 Å². The molecule has 0 aliphatic carbocycles. The van der Waals surface area contributed by atoms with Crippen molar-refractivity contribution in [2.45, 2.75) is 24.8 Å². The quantitative estimate of drug-likeness (QED) is 0.668. The lowest BCUT2D eigenvalue weighted by atomic mass is 10.0. The summed E-state index contributed by atoms with van der Waals surface area (Å²) in [4.78, 5) is 2.14. The molecule has 0 saturated carbocycles. The minimum absolute atomic E-state index is 0.150. The first kappa shape index (κ1) is 19.4. The summed E-state index contributed by atoms with van der Waals surface area (Å²) in [5.41, 5.74) is 2.78. The number of anilines is 1. The van der Waals surface area contributed by atoms with Crippen LogP contribution in [0, 0.1) is 5.82 Å². The van der Waals surface area contributed by atoms with Crippen LogP contribution in [0.3, 0.4) is 0 Å². The molecule has 1 aliphatic rings. The van der Waals surface area contributed by atoms with Crippen molar-refractivity contribution < 1.29 is 14.2 Å². The standard InChI is InChI=1S/C24H25FN2O2/c1-26-24(21(28)15-17-8-7-11-19(25)14-17)27-16-23(18-9-3-2-4-10-18)29-22-13-6-5-12-20(22)27/h2-14,21,23-24,26,28H,15-16H2,1H3. The van der Waals surface area contributed by atoms with Crippen molar-refractivity contribution in [1.29, 1.82) is 0 Å². The highest BCUT2D eigenvalue weighted by Crippen LogP contribution is 2.39. The molecule has 2 N–H and O–H groups in total. The smallest absolute Gasteiger partial charge is 0.143 e. The van der Waals surface area contributed by atoms with Gasteiger partial charge in [-0.1, -0.05) is 54.6 Å². The molecule has 0 aromatic heterocycles. The summed E-state index contributed by atoms with van der Waals surface area (Å²) in [6.07, 6.45) is -0.888. The van der Waals surface area contributed by atoms with E-state index in [4.69, 9.17) is 4.74 Å². The molecule has 0 bridgehead atoms. The minimum atomic E-state index is -0.732. The zero-order valence-electron chi connectivity index (χ0n) is 16.3. The van der Waals surface area contributed by atoms with E-state index in [1.54, 1.807) is 6.07 Å². The first-order valence-electron chi connectivity index (χ1n) is 9.83. The molecule has 1 heterocycles. The molecule has 0 fully saturated rings. The predicted octanol–water partition coefficient (Wildman–Crippen LogP) is 3.91. The van der Waals surface area contributed by atoms with E-state index >= 15 is 0 Å². The summed E-state index contributed by atoms with van der Waals surface area (Å²) in [6, 6.07) is 24.3. The molecule has 29 heavy (non-hydrogen) atoms. The number of hydrogen-bond acceptors (Lipinski definition) is 4. The molecule has 0 radical (unpaired) electrons. The van der Waals surface area contributed by atoms with Gasteiger partial charge in [0.25, 0.3) is 0 Å². The highest BCUT2D eigenvalue weighted by atomic mass is 19.1. The number of aliphatic hydroxyl groups is 1. The van der Waals surface area contributed by atoms with E-state index in [2.05, 4.69) is 10.2 Å². The van der Waals surface area contributed by atoms with E-state index in [-0.39, 0.29) is 18.1 Å². The summed E-state index contributed by atoms with van der Waals surface area (Å²) < 4.78 is 19.8. The van der Waals surface area contributed by atoms with Gasteiger partial charge >= 0.3 is 0 Å². The van der Waals surface area contributed by atoms with Crippen LogP contribution >= 0.6 is 0 Å². The van der Waals surface area contributed by atoms with Gasteiger partial charge in [-0.15, -0.1) is 0 Å². The SMILES string of the molecule is CNC(C(O)Cc1cccc(F)c1)N1CC(c2ccccc2)Oc2ccccc21. The third kappa shape index (κ3) is 4.26. The molecule has 0 spiro atoms. The predicted molar refractivity (Wildman–Crippen MR) is 113 cm³/mol. The number of benzene rings is 3. The number of ether oxygens (including phenoxy) is 1. The first-order chi connectivity index (χ1) is 14.2. The summed E-state index contributed by atoms with van der Waals surface area (Å²) in [5, 5.41) is 14.3. The summed E-state index contributed by atoms with van der Waals surface area (Å²) in [7, 11) is 1.83. The van der Waals surface area contributed by atoms with Gasteiger partial charge in [-0.25, -0.2) is 4.39 Å². The van der Waals surface area contributed by atoms with E-state index in [1.165, 1.54) is 12.1 Å². The van der Waals surface area contributed by atoms with Crippen molar-refractivity contribution >= 4 is 5.69 Å². The first-order valence-corrected chi connectivity index (χ1v) is 9.83. The van der Waals surface area contributed by atoms with Crippen LogP contribution in [-0.2, 0) is 6.42 Å². The van der Waals surface area contributed by atoms with E-state index in [0.717, 1.165) is 22.6 Å². The van der Waals surface area contributed by atoms with Gasteiger partial charge in [-0.05, 0) is 42.4 Å². The maximum atomic E-state index is 13.6. The topological polar surface area (TPSA) is 44.7 Å². The van der Waals surface area contributed by atoms with E-state index in [1.807, 2.05) is 67.7 Å². The molecule has 3 aromatic carbocycles. The number of nitrogens with one attached hydrogen (secondary N) is 1. The zero-order chi connectivity index (χ0) is 20.2. The average Bonchev–Trinajstić information content (AvgIpc) is 2.75. The van der Waals surface area contributed by atoms with Crippen LogP contribution in [0.4, 0.5) is 10.1 Å². The molecule has 1 aliphatic heterocycles. The van der Waals surface area contributed by atoms with Crippen LogP contribution < -0.4 is 15.0 Å². The van der Waals surface area contributed by atoms with Crippen LogP contribution in [0.25, 0.3) is 0 Å². The van der Waals surface area contributed by atoms with Crippen molar-refractivity contribution in [3.63, 3.8) is 0 Å². The van der Waals surface area contributed by atoms with Crippen molar-refractivity contribution in [2.75, 3.05) is 18.5 Å². The molecule has 5 heteroatoms.